The van der Waals surface area contributed by atoms with Gasteiger partial charge in [0.2, 0.25) is 0 Å². The summed E-state index contributed by atoms with van der Waals surface area (Å²) in [5.74, 6) is 1.54. The van der Waals surface area contributed by atoms with Gasteiger partial charge in [-0.15, -0.1) is 0 Å². The van der Waals surface area contributed by atoms with Crippen LogP contribution >= 0.6 is 0 Å². The zero-order valence-corrected chi connectivity index (χ0v) is 14.5. The van der Waals surface area contributed by atoms with Crippen molar-refractivity contribution in [1.29, 1.82) is 0 Å². The highest BCUT2D eigenvalue weighted by molar-refractivity contribution is 5.74. The van der Waals surface area contributed by atoms with Crippen LogP contribution in [0.5, 0.6) is 5.75 Å². The van der Waals surface area contributed by atoms with E-state index in [1.54, 1.807) is 7.11 Å². The van der Waals surface area contributed by atoms with Crippen LogP contribution in [0.2, 0.25) is 0 Å². The number of urea groups is 1. The number of hydrogen-bond acceptors (Lipinski definition) is 3. The first kappa shape index (κ1) is 17.6. The lowest BCUT2D eigenvalue weighted by atomic mass is 10.1. The third kappa shape index (κ3) is 5.75. The highest BCUT2D eigenvalue weighted by Gasteiger charge is 2.20. The van der Waals surface area contributed by atoms with Gasteiger partial charge in [0.1, 0.15) is 5.75 Å². The molecule has 1 aliphatic rings. The maximum Gasteiger partial charge on any atom is 0.317 e. The summed E-state index contributed by atoms with van der Waals surface area (Å²) < 4.78 is 5.21. The van der Waals surface area contributed by atoms with E-state index in [4.69, 9.17) is 4.74 Å². The Balaban J connectivity index is 1.69. The molecule has 0 radical (unpaired) electrons. The molecular weight excluding hydrogens is 290 g/mol. The number of carbonyl (C=O) groups excluding carboxylic acids is 1. The topological polar surface area (TPSA) is 44.8 Å². The van der Waals surface area contributed by atoms with E-state index in [0.29, 0.717) is 12.5 Å². The van der Waals surface area contributed by atoms with Crippen LogP contribution in [-0.2, 0) is 6.42 Å². The van der Waals surface area contributed by atoms with Crippen LogP contribution in [-0.4, -0.2) is 62.2 Å². The second-order valence-corrected chi connectivity index (χ2v) is 6.51. The number of piperazine rings is 1. The van der Waals surface area contributed by atoms with E-state index >= 15 is 0 Å². The van der Waals surface area contributed by atoms with Gasteiger partial charge >= 0.3 is 6.03 Å². The van der Waals surface area contributed by atoms with Crippen LogP contribution in [0.25, 0.3) is 0 Å². The van der Waals surface area contributed by atoms with Gasteiger partial charge in [0.25, 0.3) is 0 Å². The Morgan fingerprint density at radius 3 is 2.65 bits per heavy atom. The van der Waals surface area contributed by atoms with Gasteiger partial charge in [-0.2, -0.15) is 0 Å². The summed E-state index contributed by atoms with van der Waals surface area (Å²) in [7, 11) is 1.67. The number of nitrogens with zero attached hydrogens (tertiary/aromatic N) is 2. The normalized spacial score (nSPS) is 15.7. The molecule has 0 unspecified atom stereocenters. The SMILES string of the molecule is COc1cccc(CCNC(=O)N2CCN(CC(C)C)CC2)c1. The maximum atomic E-state index is 12.2. The molecular formula is C18H29N3O2. The first-order chi connectivity index (χ1) is 11.1. The molecule has 128 valence electrons. The van der Waals surface area contributed by atoms with Crippen LogP contribution in [0.3, 0.4) is 0 Å². The lowest BCUT2D eigenvalue weighted by molar-refractivity contribution is 0.131. The predicted molar refractivity (Wildman–Crippen MR) is 92.9 cm³/mol. The number of benzene rings is 1. The van der Waals surface area contributed by atoms with Gasteiger partial charge in [-0.25, -0.2) is 4.79 Å². The van der Waals surface area contributed by atoms with Gasteiger partial charge in [0.15, 0.2) is 0 Å². The van der Waals surface area contributed by atoms with Crippen molar-refractivity contribution in [3.05, 3.63) is 29.8 Å². The van der Waals surface area contributed by atoms with Crippen molar-refractivity contribution >= 4 is 6.03 Å². The van der Waals surface area contributed by atoms with Crippen molar-refractivity contribution in [3.8, 4) is 5.75 Å². The van der Waals surface area contributed by atoms with E-state index in [1.807, 2.05) is 23.1 Å². The molecule has 1 N–H and O–H groups in total. The van der Waals surface area contributed by atoms with Crippen LogP contribution in [0, 0.1) is 5.92 Å². The zero-order valence-electron chi connectivity index (χ0n) is 14.5. The average Bonchev–Trinajstić information content (AvgIpc) is 2.55. The number of methoxy groups -OCH3 is 1. The van der Waals surface area contributed by atoms with Gasteiger partial charge in [0, 0.05) is 39.3 Å². The summed E-state index contributed by atoms with van der Waals surface area (Å²) in [6.45, 7) is 9.82. The summed E-state index contributed by atoms with van der Waals surface area (Å²) >= 11 is 0. The molecule has 0 bridgehead atoms. The van der Waals surface area contributed by atoms with Gasteiger partial charge < -0.3 is 15.0 Å². The van der Waals surface area contributed by atoms with E-state index < -0.39 is 0 Å². The molecule has 0 aromatic heterocycles. The largest absolute Gasteiger partial charge is 0.497 e. The Bertz CT molecular complexity index is 497. The molecule has 2 amide bonds. The molecule has 1 aromatic rings. The third-order valence-corrected chi connectivity index (χ3v) is 4.11. The number of ether oxygens (including phenoxy) is 1. The molecule has 5 nitrogen and oxygen atoms in total. The fraction of sp³-hybridized carbons (Fsp3) is 0.611. The summed E-state index contributed by atoms with van der Waals surface area (Å²) in [6.07, 6.45) is 0.816. The van der Waals surface area contributed by atoms with E-state index in [1.165, 1.54) is 5.56 Å². The molecule has 1 aliphatic heterocycles. The summed E-state index contributed by atoms with van der Waals surface area (Å²) in [5.41, 5.74) is 1.17. The zero-order chi connectivity index (χ0) is 16.7. The molecule has 0 saturated carbocycles. The smallest absolute Gasteiger partial charge is 0.317 e. The van der Waals surface area contributed by atoms with Crippen molar-refractivity contribution in [2.24, 2.45) is 5.92 Å². The third-order valence-electron chi connectivity index (χ3n) is 4.11. The first-order valence-electron chi connectivity index (χ1n) is 8.46. The van der Waals surface area contributed by atoms with Crippen molar-refractivity contribution in [1.82, 2.24) is 15.1 Å². The molecule has 0 spiro atoms. The molecule has 1 fully saturated rings. The van der Waals surface area contributed by atoms with Gasteiger partial charge in [-0.3, -0.25) is 4.90 Å². The van der Waals surface area contributed by atoms with Crippen LogP contribution in [0.15, 0.2) is 24.3 Å². The van der Waals surface area contributed by atoms with Crippen molar-refractivity contribution in [2.45, 2.75) is 20.3 Å². The Hall–Kier alpha value is -1.75. The van der Waals surface area contributed by atoms with E-state index in [-0.39, 0.29) is 6.03 Å². The molecule has 0 aliphatic carbocycles. The standard InChI is InChI=1S/C18H29N3O2/c1-15(2)14-20-9-11-21(12-10-20)18(22)19-8-7-16-5-4-6-17(13-16)23-3/h4-6,13,15H,7-12,14H2,1-3H3,(H,19,22). The van der Waals surface area contributed by atoms with Gasteiger partial charge in [0.05, 0.1) is 7.11 Å². The lowest BCUT2D eigenvalue weighted by Crippen LogP contribution is -2.52. The fourth-order valence-corrected chi connectivity index (χ4v) is 2.90. The summed E-state index contributed by atoms with van der Waals surface area (Å²) in [4.78, 5) is 16.6. The summed E-state index contributed by atoms with van der Waals surface area (Å²) in [5, 5.41) is 3.02. The minimum atomic E-state index is 0.0529. The number of nitrogens with one attached hydrogen (secondary N) is 1. The van der Waals surface area contributed by atoms with E-state index in [9.17, 15) is 4.79 Å². The van der Waals surface area contributed by atoms with E-state index in [0.717, 1.165) is 44.9 Å². The quantitative estimate of drug-likeness (QED) is 0.874. The Labute approximate surface area is 139 Å². The maximum absolute atomic E-state index is 12.2. The molecule has 1 saturated heterocycles. The Morgan fingerprint density at radius 2 is 2.00 bits per heavy atom. The molecule has 23 heavy (non-hydrogen) atoms. The van der Waals surface area contributed by atoms with Crippen molar-refractivity contribution in [3.63, 3.8) is 0 Å². The van der Waals surface area contributed by atoms with Crippen molar-refractivity contribution < 1.29 is 9.53 Å². The summed E-state index contributed by atoms with van der Waals surface area (Å²) in [6, 6.07) is 8.02. The van der Waals surface area contributed by atoms with Gasteiger partial charge in [-0.1, -0.05) is 26.0 Å². The highest BCUT2D eigenvalue weighted by atomic mass is 16.5. The van der Waals surface area contributed by atoms with Crippen LogP contribution in [0.4, 0.5) is 4.79 Å². The number of amides is 2. The van der Waals surface area contributed by atoms with Crippen LogP contribution < -0.4 is 10.1 Å². The Kier molecular flexibility index (Phi) is 6.71. The molecule has 5 heteroatoms. The number of rotatable bonds is 6. The molecule has 2 rings (SSSR count). The molecule has 1 heterocycles. The number of hydrogen-bond donors (Lipinski definition) is 1. The molecule has 0 atom stereocenters. The number of carbonyl (C=O) groups is 1. The van der Waals surface area contributed by atoms with Crippen LogP contribution in [0.1, 0.15) is 19.4 Å². The Morgan fingerprint density at radius 1 is 1.26 bits per heavy atom. The lowest BCUT2D eigenvalue weighted by Gasteiger charge is -2.35. The molecule has 1 aromatic carbocycles. The monoisotopic (exact) mass is 319 g/mol. The predicted octanol–water partition coefficient (Wildman–Crippen LogP) is 2.22. The minimum absolute atomic E-state index is 0.0529. The second-order valence-electron chi connectivity index (χ2n) is 6.51. The highest BCUT2D eigenvalue weighted by Crippen LogP contribution is 2.12. The van der Waals surface area contributed by atoms with E-state index in [2.05, 4.69) is 30.1 Å². The first-order valence-corrected chi connectivity index (χ1v) is 8.46. The van der Waals surface area contributed by atoms with Crippen molar-refractivity contribution in [2.75, 3.05) is 46.4 Å². The minimum Gasteiger partial charge on any atom is -0.497 e. The van der Waals surface area contributed by atoms with Gasteiger partial charge in [-0.05, 0) is 30.0 Å². The second kappa shape index (κ2) is 8.77. The fourth-order valence-electron chi connectivity index (χ4n) is 2.90. The average molecular weight is 319 g/mol.